The number of para-hydroxylation sites is 1. The molecule has 0 saturated heterocycles. The lowest BCUT2D eigenvalue weighted by Crippen LogP contribution is -2.31. The molecule has 0 unspecified atom stereocenters. The molecule has 1 aliphatic heterocycles. The maximum atomic E-state index is 13.3. The Morgan fingerprint density at radius 1 is 0.967 bits per heavy atom. The lowest BCUT2D eigenvalue weighted by molar-refractivity contribution is -0.137. The summed E-state index contributed by atoms with van der Waals surface area (Å²) in [5, 5.41) is 13.0. The SMILES string of the molecule is O=C(O)c1cccc2c1N[C@H](c1cccc(C(F)(F)F)c1)[C@H]1Cc3ccccc3[C@@H]21. The molecule has 30 heavy (non-hydrogen) atoms. The Hall–Kier alpha value is -3.28. The van der Waals surface area contributed by atoms with Gasteiger partial charge in [-0.1, -0.05) is 48.5 Å². The number of alkyl halides is 3. The van der Waals surface area contributed by atoms with Crippen molar-refractivity contribution >= 4 is 11.7 Å². The van der Waals surface area contributed by atoms with Crippen LogP contribution in [0.4, 0.5) is 18.9 Å². The Morgan fingerprint density at radius 2 is 1.70 bits per heavy atom. The molecule has 0 fully saturated rings. The molecule has 0 radical (unpaired) electrons. The summed E-state index contributed by atoms with van der Waals surface area (Å²) in [7, 11) is 0. The van der Waals surface area contributed by atoms with Gasteiger partial charge < -0.3 is 10.4 Å². The fourth-order valence-electron chi connectivity index (χ4n) is 5.00. The Balaban J connectivity index is 1.70. The molecule has 152 valence electrons. The van der Waals surface area contributed by atoms with Crippen molar-refractivity contribution < 1.29 is 23.1 Å². The van der Waals surface area contributed by atoms with Crippen LogP contribution in [0.25, 0.3) is 0 Å². The molecule has 0 bridgehead atoms. The van der Waals surface area contributed by atoms with E-state index in [2.05, 4.69) is 5.32 Å². The number of nitrogens with one attached hydrogen (secondary N) is 1. The van der Waals surface area contributed by atoms with Crippen LogP contribution >= 0.6 is 0 Å². The quantitative estimate of drug-likeness (QED) is 0.556. The second-order valence-electron chi connectivity index (χ2n) is 7.86. The van der Waals surface area contributed by atoms with Gasteiger partial charge in [-0.15, -0.1) is 0 Å². The van der Waals surface area contributed by atoms with Crippen molar-refractivity contribution in [2.75, 3.05) is 5.32 Å². The number of carbonyl (C=O) groups is 1. The van der Waals surface area contributed by atoms with Crippen molar-refractivity contribution in [3.8, 4) is 0 Å². The first-order valence-corrected chi connectivity index (χ1v) is 9.72. The zero-order valence-corrected chi connectivity index (χ0v) is 15.8. The molecule has 3 nitrogen and oxygen atoms in total. The first-order valence-electron chi connectivity index (χ1n) is 9.72. The monoisotopic (exact) mass is 409 g/mol. The third-order valence-electron chi connectivity index (χ3n) is 6.24. The predicted molar refractivity (Wildman–Crippen MR) is 107 cm³/mol. The molecule has 5 rings (SSSR count). The summed E-state index contributed by atoms with van der Waals surface area (Å²) in [5.41, 5.74) is 3.58. The summed E-state index contributed by atoms with van der Waals surface area (Å²) in [5.74, 6) is -1.15. The van der Waals surface area contributed by atoms with Crippen LogP contribution in [0.1, 0.15) is 50.1 Å². The highest BCUT2D eigenvalue weighted by atomic mass is 19.4. The van der Waals surface area contributed by atoms with Gasteiger partial charge >= 0.3 is 12.1 Å². The van der Waals surface area contributed by atoms with Crippen molar-refractivity contribution in [2.24, 2.45) is 5.92 Å². The summed E-state index contributed by atoms with van der Waals surface area (Å²) in [6.07, 6.45) is -3.72. The van der Waals surface area contributed by atoms with Gasteiger partial charge in [0.2, 0.25) is 0 Å². The second kappa shape index (κ2) is 6.62. The van der Waals surface area contributed by atoms with Crippen LogP contribution in [0.15, 0.2) is 66.7 Å². The van der Waals surface area contributed by atoms with Crippen LogP contribution in [0, 0.1) is 5.92 Å². The Bertz CT molecular complexity index is 1160. The Morgan fingerprint density at radius 3 is 2.47 bits per heavy atom. The first kappa shape index (κ1) is 18.7. The number of anilines is 1. The fourth-order valence-corrected chi connectivity index (χ4v) is 5.00. The van der Waals surface area contributed by atoms with E-state index in [0.717, 1.165) is 22.8 Å². The molecule has 0 spiro atoms. The highest BCUT2D eigenvalue weighted by Gasteiger charge is 2.44. The van der Waals surface area contributed by atoms with E-state index < -0.39 is 23.8 Å². The van der Waals surface area contributed by atoms with Crippen molar-refractivity contribution in [3.63, 3.8) is 0 Å². The van der Waals surface area contributed by atoms with E-state index in [1.165, 1.54) is 18.2 Å². The standard InChI is InChI=1S/C24H18F3NO2/c25-24(26,27)15-7-3-6-14(11-15)21-19-12-13-5-1-2-8-16(13)20(19)17-9-4-10-18(23(29)30)22(17)28-21/h1-11,19-21,28H,12H2,(H,29,30)/t19-,20-,21+/m0/s1. The van der Waals surface area contributed by atoms with E-state index in [-0.39, 0.29) is 17.4 Å². The topological polar surface area (TPSA) is 49.3 Å². The Kier molecular flexibility index (Phi) is 4.13. The van der Waals surface area contributed by atoms with Gasteiger partial charge in [0.1, 0.15) is 0 Å². The highest BCUT2D eigenvalue weighted by molar-refractivity contribution is 5.96. The van der Waals surface area contributed by atoms with Crippen LogP contribution in [0.5, 0.6) is 0 Å². The lowest BCUT2D eigenvalue weighted by atomic mass is 9.75. The van der Waals surface area contributed by atoms with E-state index in [9.17, 15) is 23.1 Å². The third kappa shape index (κ3) is 2.86. The molecule has 3 aromatic carbocycles. The molecule has 0 aromatic heterocycles. The van der Waals surface area contributed by atoms with Gasteiger partial charge in [-0.05, 0) is 52.8 Å². The van der Waals surface area contributed by atoms with Gasteiger partial charge in [0.15, 0.2) is 0 Å². The molecule has 2 aliphatic rings. The smallest absolute Gasteiger partial charge is 0.416 e. The average Bonchev–Trinajstić information content (AvgIpc) is 3.12. The first-order chi connectivity index (χ1) is 14.3. The van der Waals surface area contributed by atoms with Crippen LogP contribution in [-0.2, 0) is 12.6 Å². The number of aromatic carboxylic acids is 1. The van der Waals surface area contributed by atoms with E-state index in [1.54, 1.807) is 12.1 Å². The van der Waals surface area contributed by atoms with E-state index in [1.807, 2.05) is 30.3 Å². The number of fused-ring (bicyclic) bond motifs is 5. The summed E-state index contributed by atoms with van der Waals surface area (Å²) in [6.45, 7) is 0. The van der Waals surface area contributed by atoms with Gasteiger partial charge in [-0.2, -0.15) is 13.2 Å². The fraction of sp³-hybridized carbons (Fsp3) is 0.208. The minimum atomic E-state index is -4.44. The molecule has 3 atom stereocenters. The van der Waals surface area contributed by atoms with Crippen LogP contribution in [0.2, 0.25) is 0 Å². The zero-order valence-electron chi connectivity index (χ0n) is 15.8. The predicted octanol–water partition coefficient (Wildman–Crippen LogP) is 5.87. The van der Waals surface area contributed by atoms with E-state index in [4.69, 9.17) is 0 Å². The minimum absolute atomic E-state index is 0.0116. The molecule has 2 N–H and O–H groups in total. The van der Waals surface area contributed by atoms with Gasteiger partial charge in [0.05, 0.1) is 22.9 Å². The lowest BCUT2D eigenvalue weighted by Gasteiger charge is -2.38. The summed E-state index contributed by atoms with van der Waals surface area (Å²) in [4.78, 5) is 11.9. The highest BCUT2D eigenvalue weighted by Crippen LogP contribution is 2.54. The number of benzene rings is 3. The van der Waals surface area contributed by atoms with Crippen LogP contribution in [0.3, 0.4) is 0 Å². The maximum absolute atomic E-state index is 13.3. The summed E-state index contributed by atoms with van der Waals surface area (Å²) >= 11 is 0. The van der Waals surface area contributed by atoms with Gasteiger partial charge in [0, 0.05) is 5.92 Å². The number of rotatable bonds is 2. The Labute approximate surface area is 171 Å². The van der Waals surface area contributed by atoms with Crippen LogP contribution in [-0.4, -0.2) is 11.1 Å². The number of carboxylic acids is 1. The van der Waals surface area contributed by atoms with Crippen molar-refractivity contribution in [3.05, 3.63) is 100 Å². The second-order valence-corrected chi connectivity index (χ2v) is 7.86. The summed E-state index contributed by atoms with van der Waals surface area (Å²) in [6, 6.07) is 18.0. The molecule has 0 saturated carbocycles. The molecule has 1 heterocycles. The van der Waals surface area contributed by atoms with Crippen molar-refractivity contribution in [2.45, 2.75) is 24.6 Å². The number of hydrogen-bond acceptors (Lipinski definition) is 2. The normalized spacial score (nSPS) is 21.9. The largest absolute Gasteiger partial charge is 0.478 e. The van der Waals surface area contributed by atoms with Gasteiger partial charge in [-0.3, -0.25) is 0 Å². The number of halogens is 3. The molecular weight excluding hydrogens is 391 g/mol. The molecule has 6 heteroatoms. The van der Waals surface area contributed by atoms with E-state index >= 15 is 0 Å². The van der Waals surface area contributed by atoms with Crippen LogP contribution < -0.4 is 5.32 Å². The number of carboxylic acid groups (broad SMARTS) is 1. The number of hydrogen-bond donors (Lipinski definition) is 2. The molecule has 0 amide bonds. The summed E-state index contributed by atoms with van der Waals surface area (Å²) < 4.78 is 40.0. The zero-order chi connectivity index (χ0) is 21.0. The third-order valence-corrected chi connectivity index (χ3v) is 6.24. The molecule has 3 aromatic rings. The average molecular weight is 409 g/mol. The molecule has 1 aliphatic carbocycles. The van der Waals surface area contributed by atoms with Crippen molar-refractivity contribution in [1.29, 1.82) is 0 Å². The maximum Gasteiger partial charge on any atom is 0.416 e. The van der Waals surface area contributed by atoms with Crippen molar-refractivity contribution in [1.82, 2.24) is 0 Å². The van der Waals surface area contributed by atoms with Gasteiger partial charge in [-0.25, -0.2) is 4.79 Å². The molecular formula is C24H18F3NO2. The van der Waals surface area contributed by atoms with Gasteiger partial charge in [0.25, 0.3) is 0 Å². The minimum Gasteiger partial charge on any atom is -0.478 e. The van der Waals surface area contributed by atoms with E-state index in [0.29, 0.717) is 17.7 Å².